The van der Waals surface area contributed by atoms with E-state index < -0.39 is 0 Å². The highest BCUT2D eigenvalue weighted by Crippen LogP contribution is 2.32. The summed E-state index contributed by atoms with van der Waals surface area (Å²) in [5.74, 6) is 1.69. The van der Waals surface area contributed by atoms with Crippen LogP contribution in [0.5, 0.6) is 5.88 Å². The highest BCUT2D eigenvalue weighted by Gasteiger charge is 2.27. The molecule has 0 atom stereocenters. The van der Waals surface area contributed by atoms with Crippen molar-refractivity contribution >= 4 is 11.5 Å². The number of aromatic nitrogens is 2. The van der Waals surface area contributed by atoms with E-state index in [1.54, 1.807) is 7.11 Å². The van der Waals surface area contributed by atoms with E-state index in [-0.39, 0.29) is 11.0 Å². The van der Waals surface area contributed by atoms with Crippen LogP contribution in [0.25, 0.3) is 0 Å². The first-order valence-electron chi connectivity index (χ1n) is 6.50. The normalized spacial score (nSPS) is 12.4. The fourth-order valence-corrected chi connectivity index (χ4v) is 2.50. The Morgan fingerprint density at radius 1 is 1.16 bits per heavy atom. The molecular weight excluding hydrogens is 240 g/mol. The molecule has 0 spiro atoms. The molecule has 1 aromatic heterocycles. The first-order valence-corrected chi connectivity index (χ1v) is 6.50. The standard InChI is InChI=1S/C14H26N4O/c1-9-16-11(10(15)12(17-9)19-7)18-14(5,6)8-13(2,3)4/h8,15H2,1-7H3,(H,16,17,18). The number of anilines is 2. The number of nitrogen functional groups attached to an aromatic ring is 1. The van der Waals surface area contributed by atoms with Crippen molar-refractivity contribution in [2.24, 2.45) is 5.41 Å². The lowest BCUT2D eigenvalue weighted by Gasteiger charge is -2.34. The summed E-state index contributed by atoms with van der Waals surface area (Å²) in [6.45, 7) is 12.7. The second-order valence-corrected chi connectivity index (χ2v) is 6.79. The minimum Gasteiger partial charge on any atom is -0.479 e. The van der Waals surface area contributed by atoms with Crippen LogP contribution < -0.4 is 15.8 Å². The molecule has 0 fully saturated rings. The third kappa shape index (κ3) is 4.58. The van der Waals surface area contributed by atoms with Crippen molar-refractivity contribution in [1.82, 2.24) is 9.97 Å². The molecule has 0 saturated heterocycles. The average molecular weight is 266 g/mol. The van der Waals surface area contributed by atoms with Crippen molar-refractivity contribution in [2.45, 2.75) is 53.5 Å². The van der Waals surface area contributed by atoms with E-state index in [9.17, 15) is 0 Å². The molecule has 1 aromatic rings. The number of rotatable bonds is 4. The zero-order chi connectivity index (χ0) is 14.8. The van der Waals surface area contributed by atoms with Crippen LogP contribution in [0.4, 0.5) is 11.5 Å². The SMILES string of the molecule is COc1nc(C)nc(NC(C)(C)CC(C)(C)C)c1N. The topological polar surface area (TPSA) is 73.1 Å². The summed E-state index contributed by atoms with van der Waals surface area (Å²) in [5.41, 5.74) is 6.58. The zero-order valence-corrected chi connectivity index (χ0v) is 13.1. The van der Waals surface area contributed by atoms with Crippen molar-refractivity contribution < 1.29 is 4.74 Å². The monoisotopic (exact) mass is 266 g/mol. The Morgan fingerprint density at radius 3 is 2.21 bits per heavy atom. The van der Waals surface area contributed by atoms with Crippen molar-refractivity contribution in [3.05, 3.63) is 5.82 Å². The van der Waals surface area contributed by atoms with Crippen LogP contribution in [-0.4, -0.2) is 22.6 Å². The molecule has 0 aliphatic carbocycles. The lowest BCUT2D eigenvalue weighted by Crippen LogP contribution is -2.36. The molecule has 0 aliphatic heterocycles. The number of nitrogens with two attached hydrogens (primary N) is 1. The molecule has 0 unspecified atom stereocenters. The first kappa shape index (κ1) is 15.5. The molecule has 108 valence electrons. The number of hydrogen-bond donors (Lipinski definition) is 2. The minimum absolute atomic E-state index is 0.113. The number of methoxy groups -OCH3 is 1. The molecular formula is C14H26N4O. The van der Waals surface area contributed by atoms with Crippen LogP contribution in [-0.2, 0) is 0 Å². The van der Waals surface area contributed by atoms with E-state index in [0.717, 1.165) is 6.42 Å². The highest BCUT2D eigenvalue weighted by molar-refractivity contribution is 5.67. The van der Waals surface area contributed by atoms with Gasteiger partial charge < -0.3 is 15.8 Å². The molecule has 0 radical (unpaired) electrons. The van der Waals surface area contributed by atoms with Gasteiger partial charge in [-0.25, -0.2) is 4.98 Å². The molecule has 1 heterocycles. The molecule has 0 aliphatic rings. The highest BCUT2D eigenvalue weighted by atomic mass is 16.5. The summed E-state index contributed by atoms with van der Waals surface area (Å²) in [6.07, 6.45) is 0.991. The molecule has 5 nitrogen and oxygen atoms in total. The molecule has 5 heteroatoms. The first-order chi connectivity index (χ1) is 8.54. The Morgan fingerprint density at radius 2 is 1.74 bits per heavy atom. The van der Waals surface area contributed by atoms with Gasteiger partial charge in [0.1, 0.15) is 11.5 Å². The molecule has 3 N–H and O–H groups in total. The van der Waals surface area contributed by atoms with E-state index in [1.165, 1.54) is 0 Å². The summed E-state index contributed by atoms with van der Waals surface area (Å²) >= 11 is 0. The molecule has 0 bridgehead atoms. The van der Waals surface area contributed by atoms with Crippen LogP contribution >= 0.6 is 0 Å². The van der Waals surface area contributed by atoms with Gasteiger partial charge in [0.25, 0.3) is 0 Å². The quantitative estimate of drug-likeness (QED) is 0.876. The Hall–Kier alpha value is -1.52. The molecule has 19 heavy (non-hydrogen) atoms. The van der Waals surface area contributed by atoms with Gasteiger partial charge >= 0.3 is 0 Å². The fraction of sp³-hybridized carbons (Fsp3) is 0.714. The van der Waals surface area contributed by atoms with Gasteiger partial charge in [-0.1, -0.05) is 20.8 Å². The summed E-state index contributed by atoms with van der Waals surface area (Å²) < 4.78 is 5.17. The van der Waals surface area contributed by atoms with Crippen molar-refractivity contribution in [1.29, 1.82) is 0 Å². The summed E-state index contributed by atoms with van der Waals surface area (Å²) in [7, 11) is 1.56. The number of nitrogens with one attached hydrogen (secondary N) is 1. The summed E-state index contributed by atoms with van der Waals surface area (Å²) in [6, 6.07) is 0. The van der Waals surface area contributed by atoms with Gasteiger partial charge in [-0.2, -0.15) is 4.98 Å². The number of hydrogen-bond acceptors (Lipinski definition) is 5. The maximum atomic E-state index is 6.02. The van der Waals surface area contributed by atoms with Crippen LogP contribution in [0.1, 0.15) is 46.9 Å². The summed E-state index contributed by atoms with van der Waals surface area (Å²) in [5, 5.41) is 3.40. The van der Waals surface area contributed by atoms with Gasteiger partial charge in [0.05, 0.1) is 7.11 Å². The number of aryl methyl sites for hydroxylation is 1. The van der Waals surface area contributed by atoms with Gasteiger partial charge in [0.2, 0.25) is 5.88 Å². The van der Waals surface area contributed by atoms with Crippen molar-refractivity contribution in [3.63, 3.8) is 0 Å². The van der Waals surface area contributed by atoms with E-state index in [0.29, 0.717) is 23.2 Å². The maximum absolute atomic E-state index is 6.02. The second kappa shape index (κ2) is 5.23. The van der Waals surface area contributed by atoms with Crippen LogP contribution in [0.3, 0.4) is 0 Å². The van der Waals surface area contributed by atoms with E-state index >= 15 is 0 Å². The van der Waals surface area contributed by atoms with Gasteiger partial charge in [-0.3, -0.25) is 0 Å². The van der Waals surface area contributed by atoms with Crippen molar-refractivity contribution in [3.8, 4) is 5.88 Å². The largest absolute Gasteiger partial charge is 0.479 e. The average Bonchev–Trinajstić information content (AvgIpc) is 2.18. The van der Waals surface area contributed by atoms with Crippen molar-refractivity contribution in [2.75, 3.05) is 18.2 Å². The third-order valence-electron chi connectivity index (χ3n) is 2.64. The van der Waals surface area contributed by atoms with E-state index in [2.05, 4.69) is 49.9 Å². The molecule has 0 amide bonds. The Balaban J connectivity index is 3.02. The molecule has 0 saturated carbocycles. The zero-order valence-electron chi connectivity index (χ0n) is 13.1. The van der Waals surface area contributed by atoms with Crippen LogP contribution in [0.15, 0.2) is 0 Å². The predicted molar refractivity (Wildman–Crippen MR) is 79.5 cm³/mol. The smallest absolute Gasteiger partial charge is 0.242 e. The second-order valence-electron chi connectivity index (χ2n) is 6.79. The van der Waals surface area contributed by atoms with E-state index in [1.807, 2.05) is 6.92 Å². The third-order valence-corrected chi connectivity index (χ3v) is 2.64. The van der Waals surface area contributed by atoms with Gasteiger partial charge in [0, 0.05) is 5.54 Å². The summed E-state index contributed by atoms with van der Waals surface area (Å²) in [4.78, 5) is 8.53. The Labute approximate surface area is 116 Å². The van der Waals surface area contributed by atoms with E-state index in [4.69, 9.17) is 10.5 Å². The Bertz CT molecular complexity index is 449. The molecule has 1 rings (SSSR count). The Kier molecular flexibility index (Phi) is 4.28. The maximum Gasteiger partial charge on any atom is 0.242 e. The number of ether oxygens (including phenoxy) is 1. The predicted octanol–water partition coefficient (Wildman–Crippen LogP) is 3.00. The molecule has 0 aromatic carbocycles. The lowest BCUT2D eigenvalue weighted by atomic mass is 9.82. The number of nitrogens with zero attached hydrogens (tertiary/aromatic N) is 2. The lowest BCUT2D eigenvalue weighted by molar-refractivity contribution is 0.302. The van der Waals surface area contributed by atoms with Gasteiger partial charge in [-0.15, -0.1) is 0 Å². The van der Waals surface area contributed by atoms with Gasteiger partial charge in [0.15, 0.2) is 5.82 Å². The van der Waals surface area contributed by atoms with Crippen LogP contribution in [0, 0.1) is 12.3 Å². The fourth-order valence-electron chi connectivity index (χ4n) is 2.50. The van der Waals surface area contributed by atoms with Crippen LogP contribution in [0.2, 0.25) is 0 Å². The minimum atomic E-state index is -0.113. The van der Waals surface area contributed by atoms with Gasteiger partial charge in [-0.05, 0) is 32.6 Å².